The van der Waals surface area contributed by atoms with Crippen LogP contribution in [0.25, 0.3) is 0 Å². The molecule has 0 radical (unpaired) electrons. The summed E-state index contributed by atoms with van der Waals surface area (Å²) in [5.41, 5.74) is 8.39. The Morgan fingerprint density at radius 3 is 2.68 bits per heavy atom. The highest BCUT2D eigenvalue weighted by molar-refractivity contribution is 5.90. The Balaban J connectivity index is 1.93. The van der Waals surface area contributed by atoms with Crippen LogP contribution in [0.3, 0.4) is 0 Å². The Bertz CT molecular complexity index is 559. The molecular formula is C14H18N4O. The first-order valence-electron chi connectivity index (χ1n) is 6.22. The first-order chi connectivity index (χ1) is 9.04. The van der Waals surface area contributed by atoms with Crippen LogP contribution in [0.1, 0.15) is 30.5 Å². The largest absolute Gasteiger partial charge is 0.399 e. The molecule has 100 valence electrons. The van der Waals surface area contributed by atoms with Crippen molar-refractivity contribution in [2.45, 2.75) is 26.2 Å². The molecule has 19 heavy (non-hydrogen) atoms. The van der Waals surface area contributed by atoms with Crippen molar-refractivity contribution in [1.82, 2.24) is 10.2 Å². The number of aryl methyl sites for hydroxylation is 1. The molecule has 1 heterocycles. The highest BCUT2D eigenvalue weighted by Gasteiger charge is 2.12. The lowest BCUT2D eigenvalue weighted by atomic mass is 9.97. The molecule has 0 fully saturated rings. The predicted molar refractivity (Wildman–Crippen MR) is 75.8 cm³/mol. The second kappa shape index (κ2) is 5.56. The maximum absolute atomic E-state index is 11.9. The van der Waals surface area contributed by atoms with Gasteiger partial charge in [-0.3, -0.25) is 9.89 Å². The molecule has 0 saturated heterocycles. The Hall–Kier alpha value is -2.30. The predicted octanol–water partition coefficient (Wildman–Crippen LogP) is 2.43. The fraction of sp³-hybridized carbons (Fsp3) is 0.286. The lowest BCUT2D eigenvalue weighted by Gasteiger charge is -2.11. The van der Waals surface area contributed by atoms with Gasteiger partial charge < -0.3 is 11.1 Å². The number of benzene rings is 1. The second-order valence-electron chi connectivity index (χ2n) is 4.76. The van der Waals surface area contributed by atoms with E-state index >= 15 is 0 Å². The number of nitrogens with one attached hydrogen (secondary N) is 2. The maximum Gasteiger partial charge on any atom is 0.226 e. The van der Waals surface area contributed by atoms with Crippen LogP contribution in [-0.4, -0.2) is 16.1 Å². The molecule has 1 aromatic carbocycles. The van der Waals surface area contributed by atoms with E-state index < -0.39 is 0 Å². The second-order valence-corrected chi connectivity index (χ2v) is 4.76. The van der Waals surface area contributed by atoms with Crippen LogP contribution in [0, 0.1) is 6.92 Å². The summed E-state index contributed by atoms with van der Waals surface area (Å²) in [5, 5.41) is 9.53. The van der Waals surface area contributed by atoms with E-state index in [-0.39, 0.29) is 11.8 Å². The molecule has 1 atom stereocenters. The average Bonchev–Trinajstić information content (AvgIpc) is 2.75. The molecule has 1 amide bonds. The molecular weight excluding hydrogens is 240 g/mol. The molecule has 2 aromatic rings. The van der Waals surface area contributed by atoms with E-state index in [1.807, 2.05) is 38.1 Å². The Morgan fingerprint density at radius 1 is 1.42 bits per heavy atom. The zero-order valence-electron chi connectivity index (χ0n) is 11.1. The quantitative estimate of drug-likeness (QED) is 0.736. The van der Waals surface area contributed by atoms with E-state index in [4.69, 9.17) is 5.73 Å². The highest BCUT2D eigenvalue weighted by atomic mass is 16.1. The van der Waals surface area contributed by atoms with E-state index in [0.29, 0.717) is 12.2 Å². The summed E-state index contributed by atoms with van der Waals surface area (Å²) < 4.78 is 0. The van der Waals surface area contributed by atoms with Gasteiger partial charge in [0, 0.05) is 23.9 Å². The van der Waals surface area contributed by atoms with Crippen molar-refractivity contribution in [3.05, 3.63) is 41.6 Å². The number of anilines is 2. The molecule has 0 aliphatic rings. The van der Waals surface area contributed by atoms with E-state index in [2.05, 4.69) is 15.5 Å². The van der Waals surface area contributed by atoms with E-state index in [9.17, 15) is 4.79 Å². The molecule has 0 aliphatic carbocycles. The van der Waals surface area contributed by atoms with Gasteiger partial charge in [0.1, 0.15) is 0 Å². The number of rotatable bonds is 4. The van der Waals surface area contributed by atoms with Gasteiger partial charge in [-0.25, -0.2) is 0 Å². The third-order valence-electron chi connectivity index (χ3n) is 2.97. The van der Waals surface area contributed by atoms with Crippen molar-refractivity contribution < 1.29 is 4.79 Å². The monoisotopic (exact) mass is 258 g/mol. The lowest BCUT2D eigenvalue weighted by Crippen LogP contribution is -2.14. The Labute approximate surface area is 112 Å². The smallest absolute Gasteiger partial charge is 0.226 e. The minimum atomic E-state index is -0.0455. The van der Waals surface area contributed by atoms with Gasteiger partial charge >= 0.3 is 0 Å². The number of nitrogens with zero attached hydrogens (tertiary/aromatic N) is 1. The van der Waals surface area contributed by atoms with Gasteiger partial charge in [-0.15, -0.1) is 0 Å². The summed E-state index contributed by atoms with van der Waals surface area (Å²) in [7, 11) is 0. The topological polar surface area (TPSA) is 83.8 Å². The molecule has 1 unspecified atom stereocenters. The van der Waals surface area contributed by atoms with Crippen LogP contribution in [0.15, 0.2) is 30.3 Å². The number of hydrogen-bond acceptors (Lipinski definition) is 3. The summed E-state index contributed by atoms with van der Waals surface area (Å²) in [5.74, 6) is 0.656. The van der Waals surface area contributed by atoms with Gasteiger partial charge in [0.25, 0.3) is 0 Å². The van der Waals surface area contributed by atoms with Crippen molar-refractivity contribution in [3.63, 3.8) is 0 Å². The normalized spacial score (nSPS) is 12.1. The molecule has 5 heteroatoms. The number of carbonyl (C=O) groups excluding carboxylic acids is 1. The number of nitrogen functional groups attached to an aromatic ring is 1. The zero-order valence-corrected chi connectivity index (χ0v) is 11.1. The molecule has 0 saturated carbocycles. The van der Waals surface area contributed by atoms with Gasteiger partial charge in [0.2, 0.25) is 5.91 Å². The number of hydrogen-bond donors (Lipinski definition) is 3. The van der Waals surface area contributed by atoms with Gasteiger partial charge in [0.15, 0.2) is 5.82 Å². The van der Waals surface area contributed by atoms with Gasteiger partial charge in [-0.2, -0.15) is 5.10 Å². The maximum atomic E-state index is 11.9. The van der Waals surface area contributed by atoms with Crippen LogP contribution in [0.5, 0.6) is 0 Å². The molecule has 0 bridgehead atoms. The van der Waals surface area contributed by atoms with Crippen molar-refractivity contribution in [1.29, 1.82) is 0 Å². The molecule has 0 spiro atoms. The summed E-state index contributed by atoms with van der Waals surface area (Å²) in [6.45, 7) is 3.90. The summed E-state index contributed by atoms with van der Waals surface area (Å²) in [6, 6.07) is 9.39. The van der Waals surface area contributed by atoms with Crippen LogP contribution >= 0.6 is 0 Å². The number of H-pyrrole nitrogens is 1. The molecule has 4 N–H and O–H groups in total. The van der Waals surface area contributed by atoms with Gasteiger partial charge in [-0.05, 0) is 30.5 Å². The summed E-state index contributed by atoms with van der Waals surface area (Å²) in [4.78, 5) is 11.9. The average molecular weight is 258 g/mol. The highest BCUT2D eigenvalue weighted by Crippen LogP contribution is 2.20. The fourth-order valence-corrected chi connectivity index (χ4v) is 1.90. The van der Waals surface area contributed by atoms with Crippen molar-refractivity contribution in [2.24, 2.45) is 0 Å². The van der Waals surface area contributed by atoms with E-state index in [0.717, 1.165) is 16.9 Å². The third-order valence-corrected chi connectivity index (χ3v) is 2.97. The number of aromatic nitrogens is 2. The van der Waals surface area contributed by atoms with Crippen LogP contribution < -0.4 is 11.1 Å². The molecule has 1 aromatic heterocycles. The molecule has 5 nitrogen and oxygen atoms in total. The van der Waals surface area contributed by atoms with E-state index in [1.165, 1.54) is 0 Å². The number of aromatic amines is 1. The minimum absolute atomic E-state index is 0.0455. The fourth-order valence-electron chi connectivity index (χ4n) is 1.90. The van der Waals surface area contributed by atoms with Crippen LogP contribution in [-0.2, 0) is 4.79 Å². The Morgan fingerprint density at radius 2 is 2.11 bits per heavy atom. The first kappa shape index (κ1) is 13.1. The number of amides is 1. The number of carbonyl (C=O) groups is 1. The summed E-state index contributed by atoms with van der Waals surface area (Å²) in [6.07, 6.45) is 0.413. The van der Waals surface area contributed by atoms with Gasteiger partial charge in [0.05, 0.1) is 0 Å². The molecule has 0 aliphatic heterocycles. The van der Waals surface area contributed by atoms with Gasteiger partial charge in [-0.1, -0.05) is 19.1 Å². The zero-order chi connectivity index (χ0) is 13.8. The Kier molecular flexibility index (Phi) is 3.85. The summed E-state index contributed by atoms with van der Waals surface area (Å²) >= 11 is 0. The standard InChI is InChI=1S/C14H18N4O/c1-9(11-3-5-12(15)6-4-11)7-14(19)16-13-8-10(2)17-18-13/h3-6,8-9H,7,15H2,1-2H3,(H2,16,17,18,19). The lowest BCUT2D eigenvalue weighted by molar-refractivity contribution is -0.116. The van der Waals surface area contributed by atoms with Crippen molar-refractivity contribution in [3.8, 4) is 0 Å². The van der Waals surface area contributed by atoms with Crippen LogP contribution in [0.4, 0.5) is 11.5 Å². The molecule has 2 rings (SSSR count). The van der Waals surface area contributed by atoms with E-state index in [1.54, 1.807) is 6.07 Å². The van der Waals surface area contributed by atoms with Crippen molar-refractivity contribution in [2.75, 3.05) is 11.1 Å². The first-order valence-corrected chi connectivity index (χ1v) is 6.22. The third kappa shape index (κ3) is 3.58. The van der Waals surface area contributed by atoms with Crippen LogP contribution in [0.2, 0.25) is 0 Å². The SMILES string of the molecule is Cc1cc(NC(=O)CC(C)c2ccc(N)cc2)n[nH]1. The number of nitrogens with two attached hydrogens (primary N) is 1. The minimum Gasteiger partial charge on any atom is -0.399 e. The van der Waals surface area contributed by atoms with Crippen molar-refractivity contribution >= 4 is 17.4 Å².